The first-order valence-corrected chi connectivity index (χ1v) is 9.35. The molecule has 144 valence electrons. The second-order valence-corrected chi connectivity index (χ2v) is 7.89. The predicted octanol–water partition coefficient (Wildman–Crippen LogP) is 4.95. The Bertz CT molecular complexity index is 959. The van der Waals surface area contributed by atoms with E-state index in [1.54, 1.807) is 12.3 Å². The fourth-order valence-electron chi connectivity index (χ4n) is 2.82. The summed E-state index contributed by atoms with van der Waals surface area (Å²) in [5.41, 5.74) is 4.69. The Kier molecular flexibility index (Phi) is 5.73. The number of aromatic nitrogens is 2. The first kappa shape index (κ1) is 19.5. The van der Waals surface area contributed by atoms with Crippen LogP contribution in [-0.4, -0.2) is 15.9 Å². The van der Waals surface area contributed by atoms with Gasteiger partial charge in [-0.2, -0.15) is 0 Å². The van der Waals surface area contributed by atoms with E-state index in [4.69, 9.17) is 0 Å². The van der Waals surface area contributed by atoms with Gasteiger partial charge in [0.1, 0.15) is 5.69 Å². The summed E-state index contributed by atoms with van der Waals surface area (Å²) >= 11 is 0. The lowest BCUT2D eigenvalue weighted by Crippen LogP contribution is -2.16. The highest BCUT2D eigenvalue weighted by Crippen LogP contribution is 2.23. The number of amides is 1. The number of hydrogen-bond donors (Lipinski definition) is 2. The van der Waals surface area contributed by atoms with Crippen molar-refractivity contribution in [3.05, 3.63) is 83.2 Å². The zero-order valence-electron chi connectivity index (χ0n) is 16.8. The molecule has 0 saturated carbocycles. The van der Waals surface area contributed by atoms with Crippen molar-refractivity contribution >= 4 is 17.5 Å². The molecule has 0 spiro atoms. The number of hydrogen-bond acceptors (Lipinski definition) is 4. The quantitative estimate of drug-likeness (QED) is 0.663. The van der Waals surface area contributed by atoms with Gasteiger partial charge in [0.15, 0.2) is 0 Å². The minimum Gasteiger partial charge on any atom is -0.350 e. The Labute approximate surface area is 166 Å². The Hall–Kier alpha value is -3.21. The molecule has 0 aliphatic rings. The topological polar surface area (TPSA) is 66.9 Å². The SMILES string of the molecule is Cc1cccc(CNc2nccc(C(=O)Nc3ccc(C(C)(C)C)cc3)n2)c1. The van der Waals surface area contributed by atoms with Gasteiger partial charge in [0.25, 0.3) is 5.91 Å². The number of aryl methyl sites for hydroxylation is 1. The minimum atomic E-state index is -0.260. The fourth-order valence-corrected chi connectivity index (χ4v) is 2.82. The van der Waals surface area contributed by atoms with Gasteiger partial charge in [0, 0.05) is 18.4 Å². The minimum absolute atomic E-state index is 0.0764. The van der Waals surface area contributed by atoms with Crippen molar-refractivity contribution in [1.82, 2.24) is 9.97 Å². The predicted molar refractivity (Wildman–Crippen MR) is 114 cm³/mol. The number of anilines is 2. The summed E-state index contributed by atoms with van der Waals surface area (Å²) in [7, 11) is 0. The maximum Gasteiger partial charge on any atom is 0.274 e. The molecule has 0 unspecified atom stereocenters. The van der Waals surface area contributed by atoms with E-state index in [-0.39, 0.29) is 11.3 Å². The van der Waals surface area contributed by atoms with Crippen molar-refractivity contribution in [3.8, 4) is 0 Å². The zero-order valence-corrected chi connectivity index (χ0v) is 16.8. The summed E-state index contributed by atoms with van der Waals surface area (Å²) in [6.07, 6.45) is 1.59. The van der Waals surface area contributed by atoms with Crippen LogP contribution in [0, 0.1) is 6.92 Å². The Morgan fingerprint density at radius 3 is 2.46 bits per heavy atom. The van der Waals surface area contributed by atoms with Crippen LogP contribution in [0.25, 0.3) is 0 Å². The van der Waals surface area contributed by atoms with Crippen LogP contribution in [-0.2, 0) is 12.0 Å². The lowest BCUT2D eigenvalue weighted by atomic mass is 9.87. The molecule has 1 heterocycles. The van der Waals surface area contributed by atoms with Crippen molar-refractivity contribution in [2.24, 2.45) is 0 Å². The van der Waals surface area contributed by atoms with E-state index >= 15 is 0 Å². The van der Waals surface area contributed by atoms with Crippen molar-refractivity contribution in [1.29, 1.82) is 0 Å². The number of rotatable bonds is 5. The first-order valence-electron chi connectivity index (χ1n) is 9.35. The Morgan fingerprint density at radius 1 is 1.04 bits per heavy atom. The summed E-state index contributed by atoms with van der Waals surface area (Å²) in [6.45, 7) is 9.13. The first-order chi connectivity index (χ1) is 13.3. The molecule has 0 saturated heterocycles. The Morgan fingerprint density at radius 2 is 1.79 bits per heavy atom. The molecule has 0 bridgehead atoms. The summed E-state index contributed by atoms with van der Waals surface area (Å²) in [5, 5.41) is 6.06. The van der Waals surface area contributed by atoms with Gasteiger partial charge in [-0.3, -0.25) is 4.79 Å². The molecular weight excluding hydrogens is 348 g/mol. The number of nitrogens with zero attached hydrogens (tertiary/aromatic N) is 2. The number of nitrogens with one attached hydrogen (secondary N) is 2. The van der Waals surface area contributed by atoms with Gasteiger partial charge in [-0.15, -0.1) is 0 Å². The maximum absolute atomic E-state index is 12.5. The van der Waals surface area contributed by atoms with Crippen LogP contribution >= 0.6 is 0 Å². The zero-order chi connectivity index (χ0) is 20.1. The molecule has 2 N–H and O–H groups in total. The third-order valence-corrected chi connectivity index (χ3v) is 4.43. The van der Waals surface area contributed by atoms with Gasteiger partial charge in [0.2, 0.25) is 5.95 Å². The van der Waals surface area contributed by atoms with Crippen molar-refractivity contribution in [3.63, 3.8) is 0 Å². The summed E-state index contributed by atoms with van der Waals surface area (Å²) in [6, 6.07) is 17.7. The normalized spacial score (nSPS) is 11.1. The van der Waals surface area contributed by atoms with Gasteiger partial charge in [-0.1, -0.05) is 62.7 Å². The second-order valence-electron chi connectivity index (χ2n) is 7.89. The van der Waals surface area contributed by atoms with Gasteiger partial charge < -0.3 is 10.6 Å². The molecule has 0 radical (unpaired) electrons. The molecule has 0 atom stereocenters. The number of benzene rings is 2. The van der Waals surface area contributed by atoms with Crippen molar-refractivity contribution in [2.45, 2.75) is 39.7 Å². The van der Waals surface area contributed by atoms with Crippen LogP contribution in [0.3, 0.4) is 0 Å². The number of carbonyl (C=O) groups excluding carboxylic acids is 1. The van der Waals surface area contributed by atoms with Crippen LogP contribution < -0.4 is 10.6 Å². The maximum atomic E-state index is 12.5. The summed E-state index contributed by atoms with van der Waals surface area (Å²) in [5.74, 6) is 0.168. The molecule has 3 rings (SSSR count). The van der Waals surface area contributed by atoms with Crippen molar-refractivity contribution < 1.29 is 4.79 Å². The van der Waals surface area contributed by atoms with E-state index in [1.165, 1.54) is 11.1 Å². The van der Waals surface area contributed by atoms with Crippen molar-refractivity contribution in [2.75, 3.05) is 10.6 Å². The van der Waals surface area contributed by atoms with Gasteiger partial charge in [-0.05, 0) is 41.7 Å². The average molecular weight is 374 g/mol. The van der Waals surface area contributed by atoms with E-state index in [0.29, 0.717) is 18.2 Å². The molecule has 2 aromatic carbocycles. The fraction of sp³-hybridized carbons (Fsp3) is 0.261. The van der Waals surface area contributed by atoms with Gasteiger partial charge in [0.05, 0.1) is 0 Å². The highest BCUT2D eigenvalue weighted by molar-refractivity contribution is 6.02. The lowest BCUT2D eigenvalue weighted by Gasteiger charge is -2.19. The second kappa shape index (κ2) is 8.21. The monoisotopic (exact) mass is 374 g/mol. The van der Waals surface area contributed by atoms with E-state index < -0.39 is 0 Å². The molecule has 3 aromatic rings. The molecular formula is C23H26N4O. The van der Waals surface area contributed by atoms with Gasteiger partial charge >= 0.3 is 0 Å². The molecule has 1 amide bonds. The highest BCUT2D eigenvalue weighted by Gasteiger charge is 2.14. The molecule has 5 heteroatoms. The molecule has 5 nitrogen and oxygen atoms in total. The molecule has 0 aliphatic heterocycles. The van der Waals surface area contributed by atoms with Crippen LogP contribution in [0.1, 0.15) is 48.0 Å². The van der Waals surface area contributed by atoms with Gasteiger partial charge in [-0.25, -0.2) is 9.97 Å². The average Bonchev–Trinajstić information content (AvgIpc) is 2.66. The van der Waals surface area contributed by atoms with E-state index in [1.807, 2.05) is 36.4 Å². The summed E-state index contributed by atoms with van der Waals surface area (Å²) < 4.78 is 0. The smallest absolute Gasteiger partial charge is 0.274 e. The lowest BCUT2D eigenvalue weighted by molar-refractivity contribution is 0.102. The van der Waals surface area contributed by atoms with E-state index in [9.17, 15) is 4.79 Å². The standard InChI is InChI=1S/C23H26N4O/c1-16-6-5-7-17(14-16)15-25-22-24-13-12-20(27-22)21(28)26-19-10-8-18(9-11-19)23(2,3)4/h5-14H,15H2,1-4H3,(H,26,28)(H,24,25,27). The van der Waals surface area contributed by atoms with E-state index in [2.05, 4.69) is 60.4 Å². The highest BCUT2D eigenvalue weighted by atomic mass is 16.1. The number of carbonyl (C=O) groups is 1. The molecule has 0 fully saturated rings. The third-order valence-electron chi connectivity index (χ3n) is 4.43. The Balaban J connectivity index is 1.65. The molecule has 28 heavy (non-hydrogen) atoms. The van der Waals surface area contributed by atoms with Crippen LogP contribution in [0.5, 0.6) is 0 Å². The van der Waals surface area contributed by atoms with E-state index in [0.717, 1.165) is 11.3 Å². The van der Waals surface area contributed by atoms with Crippen LogP contribution in [0.4, 0.5) is 11.6 Å². The summed E-state index contributed by atoms with van der Waals surface area (Å²) in [4.78, 5) is 21.1. The largest absolute Gasteiger partial charge is 0.350 e. The molecule has 0 aliphatic carbocycles. The van der Waals surface area contributed by atoms with Crippen LogP contribution in [0.15, 0.2) is 60.8 Å². The molecule has 1 aromatic heterocycles. The third kappa shape index (κ3) is 5.16. The van der Waals surface area contributed by atoms with Crippen LogP contribution in [0.2, 0.25) is 0 Å².